The van der Waals surface area contributed by atoms with Crippen molar-refractivity contribution in [2.75, 3.05) is 0 Å². The zero-order valence-corrected chi connectivity index (χ0v) is 41.1. The van der Waals surface area contributed by atoms with Crippen LogP contribution < -0.4 is 0 Å². The maximum absolute atomic E-state index is 2.20. The van der Waals surface area contributed by atoms with E-state index in [1.54, 1.807) is 0 Å². The molecule has 0 atom stereocenters. The maximum Gasteiger partial charge on any atom is -0.0155 e. The Hall–Kier alpha value is -4.68. The molecule has 6 rings (SSSR count). The molecule has 0 bridgehead atoms. The number of hydrogen-bond donors (Lipinski definition) is 0. The van der Waals surface area contributed by atoms with Gasteiger partial charge in [-0.2, -0.15) is 0 Å². The zero-order chi connectivity index (χ0) is 45.3. The summed E-state index contributed by atoms with van der Waals surface area (Å²) >= 11 is 0. The smallest absolute Gasteiger partial charge is 0.0155 e. The molecule has 0 fully saturated rings. The van der Waals surface area contributed by atoms with E-state index >= 15 is 0 Å². The predicted octanol–water partition coefficient (Wildman–Crippen LogP) is 20.2. The van der Waals surface area contributed by atoms with Crippen LogP contribution in [0.1, 0.15) is 141 Å². The van der Waals surface area contributed by atoms with Crippen molar-refractivity contribution in [3.8, 4) is 33.4 Å². The van der Waals surface area contributed by atoms with Crippen LogP contribution in [0.25, 0.3) is 33.4 Å². The van der Waals surface area contributed by atoms with Crippen molar-refractivity contribution in [3.63, 3.8) is 0 Å². The highest BCUT2D eigenvalue weighted by Crippen LogP contribution is 2.22. The van der Waals surface area contributed by atoms with Crippen molar-refractivity contribution in [1.29, 1.82) is 0 Å². The summed E-state index contributed by atoms with van der Waals surface area (Å²) in [5.41, 5.74) is 11.7. The molecule has 0 aliphatic heterocycles. The number of benzene rings is 6. The standard InChI is InChI=1S/3C13H12.9C2H6/c1-11-7-5-6-10-13(11)12-8-3-2-4-9-12;1-11-6-5-9-13(10-11)12-7-3-2-4-8-12;1-11-7-9-13(10-8-11)12-5-3-2-4-6-12;9*1-2/h3*2-10H,1H3;9*1-2H3. The summed E-state index contributed by atoms with van der Waals surface area (Å²) in [5.74, 6) is 0. The number of hydrogen-bond acceptors (Lipinski definition) is 0. The van der Waals surface area contributed by atoms with Gasteiger partial charge in [0, 0.05) is 0 Å². The first kappa shape index (κ1) is 64.2. The van der Waals surface area contributed by atoms with Crippen LogP contribution in [-0.2, 0) is 0 Å². The van der Waals surface area contributed by atoms with Crippen LogP contribution in [0.15, 0.2) is 164 Å². The minimum absolute atomic E-state index is 1.28. The highest BCUT2D eigenvalue weighted by molar-refractivity contribution is 5.67. The first-order chi connectivity index (χ1) is 28.1. The van der Waals surface area contributed by atoms with Gasteiger partial charge >= 0.3 is 0 Å². The third kappa shape index (κ3) is 32.1. The minimum atomic E-state index is 1.28. The van der Waals surface area contributed by atoms with Crippen LogP contribution >= 0.6 is 0 Å². The minimum Gasteiger partial charge on any atom is -0.0683 e. The molecule has 0 radical (unpaired) electrons. The fourth-order valence-corrected chi connectivity index (χ4v) is 4.35. The normalized spacial score (nSPS) is 7.74. The molecule has 0 aromatic heterocycles. The van der Waals surface area contributed by atoms with Crippen molar-refractivity contribution in [2.45, 2.75) is 145 Å². The van der Waals surface area contributed by atoms with E-state index in [0.717, 1.165) is 0 Å². The SMILES string of the molecule is CC.CC.CC.CC.CC.CC.CC.CC.CC.Cc1ccc(-c2ccccc2)cc1.Cc1cccc(-c2ccccc2)c1.Cc1ccccc1-c1ccccc1. The summed E-state index contributed by atoms with van der Waals surface area (Å²) in [6.45, 7) is 42.4. The Morgan fingerprint density at radius 2 is 0.509 bits per heavy atom. The summed E-state index contributed by atoms with van der Waals surface area (Å²) in [6, 6.07) is 56.9. The molecule has 0 saturated heterocycles. The van der Waals surface area contributed by atoms with Gasteiger partial charge in [-0.1, -0.05) is 300 Å². The summed E-state index contributed by atoms with van der Waals surface area (Å²) in [4.78, 5) is 0. The summed E-state index contributed by atoms with van der Waals surface area (Å²) in [6.07, 6.45) is 0. The van der Waals surface area contributed by atoms with Gasteiger partial charge in [0.05, 0.1) is 0 Å². The summed E-state index contributed by atoms with van der Waals surface area (Å²) in [5, 5.41) is 0. The van der Waals surface area contributed by atoms with Crippen LogP contribution in [0.3, 0.4) is 0 Å². The van der Waals surface area contributed by atoms with Crippen LogP contribution in [0.2, 0.25) is 0 Å². The van der Waals surface area contributed by atoms with E-state index in [1.807, 2.05) is 143 Å². The van der Waals surface area contributed by atoms with E-state index in [-0.39, 0.29) is 0 Å². The molecule has 0 N–H and O–H groups in total. The van der Waals surface area contributed by atoms with Gasteiger partial charge in [-0.05, 0) is 59.7 Å². The van der Waals surface area contributed by atoms with Crippen molar-refractivity contribution < 1.29 is 0 Å². The quantitative estimate of drug-likeness (QED) is 0.168. The average molecular weight is 775 g/mol. The van der Waals surface area contributed by atoms with Crippen LogP contribution in [0, 0.1) is 20.8 Å². The summed E-state index contributed by atoms with van der Waals surface area (Å²) < 4.78 is 0. The van der Waals surface area contributed by atoms with Crippen molar-refractivity contribution in [2.24, 2.45) is 0 Å². The Balaban J connectivity index is -0.000000143. The maximum atomic E-state index is 2.20. The van der Waals surface area contributed by atoms with Crippen molar-refractivity contribution in [1.82, 2.24) is 0 Å². The van der Waals surface area contributed by atoms with E-state index in [0.29, 0.717) is 0 Å². The van der Waals surface area contributed by atoms with Crippen LogP contribution in [0.5, 0.6) is 0 Å². The van der Waals surface area contributed by atoms with Gasteiger partial charge < -0.3 is 0 Å². The largest absolute Gasteiger partial charge is 0.0683 e. The van der Waals surface area contributed by atoms with Crippen molar-refractivity contribution in [3.05, 3.63) is 180 Å². The molecule has 0 amide bonds. The van der Waals surface area contributed by atoms with Crippen LogP contribution in [-0.4, -0.2) is 0 Å². The highest BCUT2D eigenvalue weighted by Gasteiger charge is 1.98. The zero-order valence-electron chi connectivity index (χ0n) is 41.1. The first-order valence-electron chi connectivity index (χ1n) is 22.5. The lowest BCUT2D eigenvalue weighted by Crippen LogP contribution is -1.80. The molecule has 318 valence electrons. The Morgan fingerprint density at radius 1 is 0.211 bits per heavy atom. The Morgan fingerprint density at radius 3 is 0.877 bits per heavy atom. The number of rotatable bonds is 3. The molecule has 57 heavy (non-hydrogen) atoms. The molecule has 0 heterocycles. The lowest BCUT2D eigenvalue weighted by molar-refractivity contribution is 1.46. The lowest BCUT2D eigenvalue weighted by Gasteiger charge is -2.04. The van der Waals surface area contributed by atoms with E-state index in [2.05, 4.69) is 166 Å². The van der Waals surface area contributed by atoms with Gasteiger partial charge in [-0.15, -0.1) is 0 Å². The van der Waals surface area contributed by atoms with Gasteiger partial charge in [-0.3, -0.25) is 0 Å². The van der Waals surface area contributed by atoms with Gasteiger partial charge in [-0.25, -0.2) is 0 Å². The van der Waals surface area contributed by atoms with Crippen molar-refractivity contribution >= 4 is 0 Å². The third-order valence-electron chi connectivity index (χ3n) is 6.51. The molecule has 0 spiro atoms. The lowest BCUT2D eigenvalue weighted by atomic mass is 10.0. The second kappa shape index (κ2) is 53.4. The third-order valence-corrected chi connectivity index (χ3v) is 6.51. The Bertz CT molecular complexity index is 1530. The Labute approximate surface area is 357 Å². The molecular weight excluding hydrogens is 685 g/mol. The molecule has 6 aromatic carbocycles. The monoisotopic (exact) mass is 775 g/mol. The number of aryl methyl sites for hydroxylation is 3. The Kier molecular flexibility index (Phi) is 60.2. The average Bonchev–Trinajstić information content (AvgIpc) is 3.34. The molecule has 0 nitrogen and oxygen atoms in total. The van der Waals surface area contributed by atoms with Gasteiger partial charge in [0.25, 0.3) is 0 Å². The molecular formula is C57H90. The summed E-state index contributed by atoms with van der Waals surface area (Å²) in [7, 11) is 0. The predicted molar refractivity (Wildman–Crippen MR) is 272 cm³/mol. The molecule has 0 saturated carbocycles. The molecule has 0 unspecified atom stereocenters. The molecule has 0 aliphatic rings. The first-order valence-corrected chi connectivity index (χ1v) is 22.5. The second-order valence-electron chi connectivity index (χ2n) is 9.65. The fourth-order valence-electron chi connectivity index (χ4n) is 4.35. The fraction of sp³-hybridized carbons (Fsp3) is 0.368. The topological polar surface area (TPSA) is 0 Å². The van der Waals surface area contributed by atoms with Crippen LogP contribution in [0.4, 0.5) is 0 Å². The molecule has 0 aliphatic carbocycles. The molecule has 0 heteroatoms. The molecule has 6 aromatic rings. The van der Waals surface area contributed by atoms with E-state index in [4.69, 9.17) is 0 Å². The van der Waals surface area contributed by atoms with Gasteiger partial charge in [0.15, 0.2) is 0 Å². The van der Waals surface area contributed by atoms with E-state index in [9.17, 15) is 0 Å². The van der Waals surface area contributed by atoms with Gasteiger partial charge in [0.2, 0.25) is 0 Å². The highest BCUT2D eigenvalue weighted by atomic mass is 14.0. The van der Waals surface area contributed by atoms with E-state index < -0.39 is 0 Å². The second-order valence-corrected chi connectivity index (χ2v) is 9.65. The van der Waals surface area contributed by atoms with E-state index in [1.165, 1.54) is 50.1 Å². The van der Waals surface area contributed by atoms with Gasteiger partial charge in [0.1, 0.15) is 0 Å².